The Labute approximate surface area is 216 Å². The molecule has 0 aliphatic carbocycles. The van der Waals surface area contributed by atoms with Gasteiger partial charge in [-0.05, 0) is 56.7 Å². The van der Waals surface area contributed by atoms with Crippen molar-refractivity contribution >= 4 is 62.4 Å². The van der Waals surface area contributed by atoms with Gasteiger partial charge in [0, 0.05) is 24.3 Å². The first kappa shape index (κ1) is 27.5. The van der Waals surface area contributed by atoms with E-state index in [9.17, 15) is 20.2 Å². The maximum atomic E-state index is 10.9. The Balaban J connectivity index is 0.00000129. The number of aliphatic imine (C=N–C) groups is 2. The molecule has 0 saturated heterocycles. The minimum atomic E-state index is -0.458. The van der Waals surface area contributed by atoms with Crippen molar-refractivity contribution < 1.29 is 21.2 Å². The average Bonchev–Trinajstić information content (AvgIpc) is 2.81. The van der Waals surface area contributed by atoms with Gasteiger partial charge in [-0.15, -0.1) is 0 Å². The number of nitrogens with zero attached hydrogens (tertiary/aromatic N) is 5. The fraction of sp³-hybridized carbons (Fsp3) is 0.136. The van der Waals surface area contributed by atoms with E-state index >= 15 is 0 Å². The first-order valence-electron chi connectivity index (χ1n) is 9.59. The molecule has 3 rings (SSSR count). The van der Waals surface area contributed by atoms with Gasteiger partial charge in [-0.3, -0.25) is 30.2 Å². The van der Waals surface area contributed by atoms with E-state index in [1.807, 2.05) is 25.1 Å². The molecule has 34 heavy (non-hydrogen) atoms. The Hall–Kier alpha value is -2.79. The van der Waals surface area contributed by atoms with Crippen molar-refractivity contribution in [1.82, 2.24) is 4.98 Å². The third-order valence-corrected chi connectivity index (χ3v) is 4.53. The Kier molecular flexibility index (Phi) is 10.6. The van der Waals surface area contributed by atoms with Crippen LogP contribution >= 0.6 is 28.2 Å². The molecule has 1 aromatic heterocycles. The summed E-state index contributed by atoms with van der Waals surface area (Å²) in [4.78, 5) is 34.4. The van der Waals surface area contributed by atoms with Crippen LogP contribution in [0, 0.1) is 27.2 Å². The molecule has 0 N–H and O–H groups in total. The number of aryl methyl sites for hydroxylation is 1. The van der Waals surface area contributed by atoms with Crippen molar-refractivity contribution in [2.75, 3.05) is 0 Å². The first-order valence-corrected chi connectivity index (χ1v) is 15.0. The quantitative estimate of drug-likeness (QED) is 0.123. The van der Waals surface area contributed by atoms with Crippen molar-refractivity contribution in [2.45, 2.75) is 20.8 Å². The molecule has 0 fully saturated rings. The van der Waals surface area contributed by atoms with E-state index in [0.717, 1.165) is 11.3 Å². The molecule has 12 heteroatoms. The number of rotatable bonds is 6. The number of nitro benzene ring substituents is 2. The van der Waals surface area contributed by atoms with Gasteiger partial charge in [0.05, 0.1) is 44.0 Å². The molecule has 0 bridgehead atoms. The van der Waals surface area contributed by atoms with E-state index in [-0.39, 0.29) is 11.4 Å². The molecule has 0 amide bonds. The van der Waals surface area contributed by atoms with Crippen molar-refractivity contribution in [1.29, 1.82) is 0 Å². The molecule has 2 aromatic carbocycles. The van der Waals surface area contributed by atoms with Crippen LogP contribution in [0.5, 0.6) is 0 Å². The van der Waals surface area contributed by atoms with E-state index in [1.54, 1.807) is 32.0 Å². The fourth-order valence-corrected chi connectivity index (χ4v) is 2.85. The molecule has 178 valence electrons. The molecular formula is C22H19Br2FeN5O4. The van der Waals surface area contributed by atoms with Gasteiger partial charge in [0.25, 0.3) is 11.4 Å². The zero-order valence-electron chi connectivity index (χ0n) is 18.3. The molecule has 0 spiro atoms. The number of halogens is 2. The predicted molar refractivity (Wildman–Crippen MR) is 137 cm³/mol. The summed E-state index contributed by atoms with van der Waals surface area (Å²) in [6.45, 7) is 5.39. The van der Waals surface area contributed by atoms with Crippen LogP contribution in [0.1, 0.15) is 30.8 Å². The van der Waals surface area contributed by atoms with Crippen molar-refractivity contribution in [3.05, 3.63) is 97.8 Å². The van der Waals surface area contributed by atoms with Gasteiger partial charge in [0.15, 0.2) is 0 Å². The first-order chi connectivity index (χ1) is 16.2. The summed E-state index contributed by atoms with van der Waals surface area (Å²) in [6, 6.07) is 16.0. The van der Waals surface area contributed by atoms with E-state index in [4.69, 9.17) is 0 Å². The van der Waals surface area contributed by atoms with Crippen molar-refractivity contribution in [2.24, 2.45) is 9.98 Å². The van der Waals surface area contributed by atoms with Crippen LogP contribution in [0.3, 0.4) is 0 Å². The van der Waals surface area contributed by atoms with Gasteiger partial charge in [-0.2, -0.15) is 0 Å². The summed E-state index contributed by atoms with van der Waals surface area (Å²) in [7, 11) is 0. The summed E-state index contributed by atoms with van der Waals surface area (Å²) < 4.78 is 0. The Morgan fingerprint density at radius 1 is 0.853 bits per heavy atom. The monoisotopic (exact) mass is 631 g/mol. The topological polar surface area (TPSA) is 124 Å². The van der Waals surface area contributed by atoms with Crippen LogP contribution in [-0.2, 0) is 11.3 Å². The number of benzene rings is 2. The van der Waals surface area contributed by atoms with Gasteiger partial charge in [-0.1, -0.05) is 6.07 Å². The van der Waals surface area contributed by atoms with E-state index in [2.05, 4.69) is 43.2 Å². The third-order valence-electron chi connectivity index (χ3n) is 4.53. The summed E-state index contributed by atoms with van der Waals surface area (Å²) >= 11 is 7.00. The zero-order chi connectivity index (χ0) is 25.3. The molecule has 1 heterocycles. The number of nitro groups is 2. The van der Waals surface area contributed by atoms with E-state index < -0.39 is 9.85 Å². The van der Waals surface area contributed by atoms with Gasteiger partial charge in [0.2, 0.25) is 0 Å². The fourth-order valence-electron chi connectivity index (χ4n) is 2.85. The summed E-state index contributed by atoms with van der Waals surface area (Å²) in [5.41, 5.74) is 4.53. The van der Waals surface area contributed by atoms with Crippen LogP contribution < -0.4 is 0 Å². The normalized spacial score (nSPS) is 11.6. The summed E-state index contributed by atoms with van der Waals surface area (Å²) in [5.74, 6) is 0. The Bertz CT molecular complexity index is 1250. The summed E-state index contributed by atoms with van der Waals surface area (Å²) in [5, 5.41) is 21.7. The molecule has 0 aliphatic heterocycles. The molecule has 0 aliphatic rings. The van der Waals surface area contributed by atoms with Crippen LogP contribution in [0.25, 0.3) is 0 Å². The Morgan fingerprint density at radius 3 is 1.85 bits per heavy atom. The Morgan fingerprint density at radius 2 is 1.35 bits per heavy atom. The molecule has 3 aromatic rings. The SMILES string of the molecule is CC(=Nc1ccc([N+](=O)[O-])cc1)c1cccc(C(C)=Nc2ccc([N+](=O)[O-])cc2C)n1.[Br][Fe][Br]. The van der Waals surface area contributed by atoms with Crippen LogP contribution in [-0.4, -0.2) is 26.3 Å². The third kappa shape index (κ3) is 7.91. The molecule has 0 saturated carbocycles. The molecule has 9 nitrogen and oxygen atoms in total. The van der Waals surface area contributed by atoms with Crippen molar-refractivity contribution in [3.63, 3.8) is 0 Å². The molecule has 0 radical (unpaired) electrons. The average molecular weight is 633 g/mol. The second kappa shape index (κ2) is 13.2. The number of pyridine rings is 1. The second-order valence-electron chi connectivity index (χ2n) is 6.85. The number of aromatic nitrogens is 1. The number of hydrogen-bond acceptors (Lipinski definition) is 7. The standard InChI is InChI=1S/C22H19N5O4.2BrH.Fe/c1-14-13-19(27(30)31)11-12-20(14)24-16(3)22-6-4-5-21(25-22)15(2)23-17-7-9-18(10-8-17)26(28)29;;;/h4-13H,1-3H3;2*1H;/q;;;+2/p-2. The molecule has 0 atom stereocenters. The molecular weight excluding hydrogens is 614 g/mol. The van der Waals surface area contributed by atoms with Gasteiger partial charge in [0.1, 0.15) is 0 Å². The van der Waals surface area contributed by atoms with Crippen molar-refractivity contribution in [3.8, 4) is 0 Å². The van der Waals surface area contributed by atoms with Gasteiger partial charge in [-0.25, -0.2) is 4.98 Å². The van der Waals surface area contributed by atoms with Crippen LogP contribution in [0.4, 0.5) is 22.7 Å². The van der Waals surface area contributed by atoms with Gasteiger partial charge >= 0.3 is 39.6 Å². The van der Waals surface area contributed by atoms with Crippen LogP contribution in [0.2, 0.25) is 0 Å². The van der Waals surface area contributed by atoms with E-state index in [0.29, 0.717) is 39.7 Å². The van der Waals surface area contributed by atoms with E-state index in [1.165, 1.54) is 24.3 Å². The molecule has 0 unspecified atom stereocenters. The van der Waals surface area contributed by atoms with Crippen LogP contribution in [0.15, 0.2) is 70.6 Å². The zero-order valence-corrected chi connectivity index (χ0v) is 22.5. The number of non-ortho nitro benzene ring substituents is 2. The number of hydrogen-bond donors (Lipinski definition) is 0. The predicted octanol–water partition coefficient (Wildman–Crippen LogP) is 7.18. The minimum absolute atomic E-state index is 0.00472. The van der Waals surface area contributed by atoms with Gasteiger partial charge < -0.3 is 0 Å². The maximum absolute atomic E-state index is 10.9. The second-order valence-corrected chi connectivity index (χ2v) is 12.4. The summed E-state index contributed by atoms with van der Waals surface area (Å²) in [6.07, 6.45) is 0.